The second kappa shape index (κ2) is 5.48. The molecule has 0 radical (unpaired) electrons. The maximum absolute atomic E-state index is 5.68. The van der Waals surface area contributed by atoms with Gasteiger partial charge in [0.25, 0.3) is 0 Å². The monoisotopic (exact) mass is 226 g/mol. The molecule has 1 aliphatic carbocycles. The summed E-state index contributed by atoms with van der Waals surface area (Å²) >= 11 is 0. The predicted molar refractivity (Wildman–Crippen MR) is 66.4 cm³/mol. The fraction of sp³-hybridized carbons (Fsp3) is 1.00. The number of rotatable bonds is 6. The van der Waals surface area contributed by atoms with Crippen LogP contribution < -0.4 is 5.73 Å². The molecule has 0 bridgehead atoms. The highest BCUT2D eigenvalue weighted by Gasteiger charge is 2.42. The first kappa shape index (κ1) is 12.3. The zero-order valence-corrected chi connectivity index (χ0v) is 10.6. The molecule has 0 amide bonds. The minimum Gasteiger partial charge on any atom is -0.381 e. The van der Waals surface area contributed by atoms with E-state index in [1.54, 1.807) is 0 Å². The van der Waals surface area contributed by atoms with E-state index >= 15 is 0 Å². The molecule has 0 aromatic rings. The molecule has 1 saturated carbocycles. The molecule has 2 rings (SSSR count). The Morgan fingerprint density at radius 1 is 1.31 bits per heavy atom. The van der Waals surface area contributed by atoms with Crippen molar-refractivity contribution in [3.8, 4) is 0 Å². The highest BCUT2D eigenvalue weighted by Crippen LogP contribution is 2.48. The van der Waals surface area contributed by atoms with Crippen molar-refractivity contribution in [1.82, 2.24) is 4.90 Å². The Bertz CT molecular complexity index is 210. The Hall–Kier alpha value is -0.120. The lowest BCUT2D eigenvalue weighted by Gasteiger charge is -2.29. The van der Waals surface area contributed by atoms with Gasteiger partial charge in [-0.05, 0) is 57.0 Å². The van der Waals surface area contributed by atoms with E-state index in [9.17, 15) is 0 Å². The number of hydrogen-bond acceptors (Lipinski definition) is 3. The fourth-order valence-corrected chi connectivity index (χ4v) is 2.98. The lowest BCUT2D eigenvalue weighted by atomic mass is 9.97. The molecule has 2 fully saturated rings. The summed E-state index contributed by atoms with van der Waals surface area (Å²) in [6.07, 6.45) is 6.48. The number of ether oxygens (including phenoxy) is 1. The molecule has 0 spiro atoms. The zero-order valence-electron chi connectivity index (χ0n) is 10.6. The summed E-state index contributed by atoms with van der Waals surface area (Å²) in [6, 6.07) is 0. The van der Waals surface area contributed by atoms with Crippen molar-refractivity contribution in [1.29, 1.82) is 0 Å². The number of nitrogens with zero attached hydrogens (tertiary/aromatic N) is 1. The fourth-order valence-electron chi connectivity index (χ4n) is 2.98. The van der Waals surface area contributed by atoms with Gasteiger partial charge in [0.05, 0.1) is 0 Å². The van der Waals surface area contributed by atoms with Crippen LogP contribution in [0.2, 0.25) is 0 Å². The molecule has 1 heterocycles. The topological polar surface area (TPSA) is 38.5 Å². The Morgan fingerprint density at radius 2 is 2.00 bits per heavy atom. The zero-order chi connectivity index (χ0) is 11.4. The van der Waals surface area contributed by atoms with E-state index < -0.39 is 0 Å². The summed E-state index contributed by atoms with van der Waals surface area (Å²) in [7, 11) is 2.27. The molecule has 3 nitrogen and oxygen atoms in total. The van der Waals surface area contributed by atoms with Crippen LogP contribution in [-0.2, 0) is 4.74 Å². The number of nitrogens with two attached hydrogens (primary N) is 1. The molecule has 3 heteroatoms. The molecule has 0 aromatic carbocycles. The van der Waals surface area contributed by atoms with Crippen LogP contribution >= 0.6 is 0 Å². The van der Waals surface area contributed by atoms with Crippen molar-refractivity contribution in [3.63, 3.8) is 0 Å². The normalized spacial score (nSPS) is 24.9. The van der Waals surface area contributed by atoms with Gasteiger partial charge in [0, 0.05) is 26.3 Å². The van der Waals surface area contributed by atoms with Crippen LogP contribution in [0.25, 0.3) is 0 Å². The first-order valence-corrected chi connectivity index (χ1v) is 6.70. The Labute approximate surface area is 99.3 Å². The van der Waals surface area contributed by atoms with Gasteiger partial charge in [0.1, 0.15) is 0 Å². The standard InChI is InChI=1S/C13H26N2O/c1-15(10-12-2-8-16-9-3-12)11-13(4-5-13)6-7-14/h12H,2-11,14H2,1H3. The molecule has 94 valence electrons. The maximum atomic E-state index is 5.68. The van der Waals surface area contributed by atoms with Crippen molar-refractivity contribution in [2.75, 3.05) is 39.9 Å². The van der Waals surface area contributed by atoms with E-state index in [0.717, 1.165) is 25.7 Å². The van der Waals surface area contributed by atoms with Crippen molar-refractivity contribution in [2.45, 2.75) is 32.1 Å². The summed E-state index contributed by atoms with van der Waals surface area (Å²) < 4.78 is 5.40. The molecule has 2 N–H and O–H groups in total. The van der Waals surface area contributed by atoms with Gasteiger partial charge in [-0.25, -0.2) is 0 Å². The van der Waals surface area contributed by atoms with Gasteiger partial charge in [-0.1, -0.05) is 0 Å². The first-order chi connectivity index (χ1) is 7.74. The molecule has 1 saturated heterocycles. The Kier molecular flexibility index (Phi) is 4.22. The molecule has 1 aliphatic heterocycles. The van der Waals surface area contributed by atoms with Crippen molar-refractivity contribution in [3.05, 3.63) is 0 Å². The van der Waals surface area contributed by atoms with Crippen LogP contribution in [0.3, 0.4) is 0 Å². The van der Waals surface area contributed by atoms with Crippen LogP contribution in [0.5, 0.6) is 0 Å². The molecule has 0 atom stereocenters. The molecule has 2 aliphatic rings. The smallest absolute Gasteiger partial charge is 0.0469 e. The van der Waals surface area contributed by atoms with Crippen molar-refractivity contribution < 1.29 is 4.74 Å². The molecular weight excluding hydrogens is 200 g/mol. The summed E-state index contributed by atoms with van der Waals surface area (Å²) in [4.78, 5) is 2.53. The molecular formula is C13H26N2O. The Balaban J connectivity index is 1.69. The predicted octanol–water partition coefficient (Wildman–Crippen LogP) is 1.47. The lowest BCUT2D eigenvalue weighted by molar-refractivity contribution is 0.0533. The van der Waals surface area contributed by atoms with Crippen LogP contribution in [0.4, 0.5) is 0 Å². The second-order valence-corrected chi connectivity index (χ2v) is 5.79. The van der Waals surface area contributed by atoms with Crippen molar-refractivity contribution >= 4 is 0 Å². The maximum Gasteiger partial charge on any atom is 0.0469 e. The highest BCUT2D eigenvalue weighted by molar-refractivity contribution is 4.95. The minimum absolute atomic E-state index is 0.592. The third kappa shape index (κ3) is 3.44. The van der Waals surface area contributed by atoms with E-state index in [1.807, 2.05) is 0 Å². The third-order valence-corrected chi connectivity index (χ3v) is 4.15. The molecule has 0 aromatic heterocycles. The SMILES string of the molecule is CN(CC1CCOCC1)CC1(CCN)CC1. The highest BCUT2D eigenvalue weighted by atomic mass is 16.5. The van der Waals surface area contributed by atoms with E-state index in [1.165, 1.54) is 45.2 Å². The van der Waals surface area contributed by atoms with Gasteiger partial charge in [0.2, 0.25) is 0 Å². The lowest BCUT2D eigenvalue weighted by Crippen LogP contribution is -2.34. The Morgan fingerprint density at radius 3 is 2.56 bits per heavy atom. The summed E-state index contributed by atoms with van der Waals surface area (Å²) in [6.45, 7) is 5.28. The minimum atomic E-state index is 0.592. The van der Waals surface area contributed by atoms with Crippen LogP contribution in [-0.4, -0.2) is 44.8 Å². The second-order valence-electron chi connectivity index (χ2n) is 5.79. The van der Waals surface area contributed by atoms with E-state index in [2.05, 4.69) is 11.9 Å². The van der Waals surface area contributed by atoms with Gasteiger partial charge in [-0.15, -0.1) is 0 Å². The summed E-state index contributed by atoms with van der Waals surface area (Å²) in [5, 5.41) is 0. The molecule has 0 unspecified atom stereocenters. The van der Waals surface area contributed by atoms with Gasteiger partial charge in [0.15, 0.2) is 0 Å². The van der Waals surface area contributed by atoms with E-state index in [-0.39, 0.29) is 0 Å². The summed E-state index contributed by atoms with van der Waals surface area (Å²) in [5.41, 5.74) is 6.27. The molecule has 16 heavy (non-hydrogen) atoms. The van der Waals surface area contributed by atoms with Gasteiger partial charge in [-0.3, -0.25) is 0 Å². The third-order valence-electron chi connectivity index (χ3n) is 4.15. The van der Waals surface area contributed by atoms with Crippen LogP contribution in [0, 0.1) is 11.3 Å². The average molecular weight is 226 g/mol. The average Bonchev–Trinajstić information content (AvgIpc) is 2.99. The first-order valence-electron chi connectivity index (χ1n) is 6.70. The largest absolute Gasteiger partial charge is 0.381 e. The van der Waals surface area contributed by atoms with Gasteiger partial charge >= 0.3 is 0 Å². The van der Waals surface area contributed by atoms with Crippen LogP contribution in [0.15, 0.2) is 0 Å². The van der Waals surface area contributed by atoms with Crippen molar-refractivity contribution in [2.24, 2.45) is 17.1 Å². The van der Waals surface area contributed by atoms with Gasteiger partial charge in [-0.2, -0.15) is 0 Å². The quantitative estimate of drug-likeness (QED) is 0.745. The van der Waals surface area contributed by atoms with E-state index in [0.29, 0.717) is 5.41 Å². The summed E-state index contributed by atoms with van der Waals surface area (Å²) in [5.74, 6) is 0.854. The van der Waals surface area contributed by atoms with Gasteiger partial charge < -0.3 is 15.4 Å². The number of hydrogen-bond donors (Lipinski definition) is 1. The van der Waals surface area contributed by atoms with E-state index in [4.69, 9.17) is 10.5 Å². The van der Waals surface area contributed by atoms with Crippen LogP contribution in [0.1, 0.15) is 32.1 Å².